The molecule has 0 aromatic carbocycles. The van der Waals surface area contributed by atoms with E-state index in [4.69, 9.17) is 0 Å². The molecule has 0 rings (SSSR count). The van der Waals surface area contributed by atoms with Gasteiger partial charge in [0.15, 0.2) is 0 Å². The molecule has 0 saturated heterocycles. The zero-order chi connectivity index (χ0) is 4.50. The molecule has 28 valence electrons. The van der Waals surface area contributed by atoms with E-state index in [-0.39, 0.29) is 0 Å². The Hall–Kier alpha value is 2.33. The van der Waals surface area contributed by atoms with Crippen molar-refractivity contribution < 1.29 is 0 Å². The summed E-state index contributed by atoms with van der Waals surface area (Å²) in [7, 11) is 0. The van der Waals surface area contributed by atoms with Crippen LogP contribution in [0.3, 0.4) is 0 Å². The minimum atomic E-state index is 0.570. The van der Waals surface area contributed by atoms with Gasteiger partial charge in [-0.3, -0.25) is 0 Å². The molecule has 0 amide bonds. The first-order valence-electron chi connectivity index (χ1n) is 1.17. The van der Waals surface area contributed by atoms with Gasteiger partial charge >= 0.3 is 75.7 Å². The molecule has 5 heavy (non-hydrogen) atoms. The van der Waals surface area contributed by atoms with Crippen molar-refractivity contribution in [3.63, 3.8) is 0 Å². The maximum absolute atomic E-state index is 2.42. The molecule has 3 heteroatoms. The molecule has 0 bridgehead atoms. The number of rotatable bonds is 0. The average molecular weight is 396 g/mol. The van der Waals surface area contributed by atoms with E-state index in [1.165, 1.54) is 24.4 Å². The van der Waals surface area contributed by atoms with Gasteiger partial charge in [-0.25, -0.2) is 0 Å². The van der Waals surface area contributed by atoms with Gasteiger partial charge < -0.3 is 0 Å². The van der Waals surface area contributed by atoms with E-state index in [1.807, 2.05) is 0 Å². The van der Waals surface area contributed by atoms with Crippen LogP contribution >= 0.6 is 45.2 Å². The van der Waals surface area contributed by atoms with Gasteiger partial charge in [-0.1, -0.05) is 0 Å². The van der Waals surface area contributed by atoms with Crippen molar-refractivity contribution in [3.8, 4) is 0 Å². The summed E-state index contributed by atoms with van der Waals surface area (Å²) in [6.45, 7) is 2.22. The zero-order valence-corrected chi connectivity index (χ0v) is 10.4. The van der Waals surface area contributed by atoms with E-state index in [0.717, 1.165) is 0 Å². The first kappa shape index (κ1) is 7.33. The minimum absolute atomic E-state index is 0.570. The molecular weight excluding hydrogens is 393 g/mol. The molecule has 0 aliphatic rings. The van der Waals surface area contributed by atoms with Crippen molar-refractivity contribution in [1.29, 1.82) is 0 Å². The Morgan fingerprint density at radius 1 is 1.60 bits per heavy atom. The summed E-state index contributed by atoms with van der Waals surface area (Å²) < 4.78 is 0.570. The quantitative estimate of drug-likeness (QED) is 0.433. The Bertz CT molecular complexity index is 23.1. The van der Waals surface area contributed by atoms with E-state index in [2.05, 4.69) is 52.1 Å². The van der Waals surface area contributed by atoms with Crippen molar-refractivity contribution >= 4 is 69.6 Å². The van der Waals surface area contributed by atoms with Crippen LogP contribution in [0.25, 0.3) is 0 Å². The summed E-state index contributed by atoms with van der Waals surface area (Å²) in [6, 6.07) is 0. The molecule has 0 aliphatic heterocycles. The number of hydrogen-bond donors (Lipinski definition) is 0. The number of alkyl halides is 2. The van der Waals surface area contributed by atoms with Crippen LogP contribution in [0.2, 0.25) is 0 Å². The van der Waals surface area contributed by atoms with Gasteiger partial charge in [-0.15, -0.1) is 0 Å². The second kappa shape index (κ2) is 2.59. The molecule has 0 fully saturated rings. The SMILES string of the molecule is C[C]([In])(I)I. The molecule has 0 heterocycles. The Morgan fingerprint density at radius 3 is 1.60 bits per heavy atom. The summed E-state index contributed by atoms with van der Waals surface area (Å²) in [6.07, 6.45) is 0. The fourth-order valence-corrected chi connectivity index (χ4v) is 0. The summed E-state index contributed by atoms with van der Waals surface area (Å²) in [5, 5.41) is 0. The van der Waals surface area contributed by atoms with E-state index < -0.39 is 0 Å². The van der Waals surface area contributed by atoms with Crippen molar-refractivity contribution in [1.82, 2.24) is 0 Å². The maximum atomic E-state index is 2.42. The monoisotopic (exact) mass is 396 g/mol. The van der Waals surface area contributed by atoms with Crippen molar-refractivity contribution in [2.45, 2.75) is 6.11 Å². The first-order valence-corrected chi connectivity index (χ1v) is 4.97. The van der Waals surface area contributed by atoms with E-state index in [0.29, 0.717) is -0.815 Å². The molecule has 0 unspecified atom stereocenters. The second-order valence-corrected chi connectivity index (χ2v) is 17.5. The van der Waals surface area contributed by atoms with Crippen LogP contribution in [0.5, 0.6) is 0 Å². The van der Waals surface area contributed by atoms with E-state index in [9.17, 15) is 0 Å². The molecule has 0 aromatic rings. The van der Waals surface area contributed by atoms with Crippen molar-refractivity contribution in [2.75, 3.05) is 0 Å². The predicted molar refractivity (Wildman–Crippen MR) is 42.2 cm³/mol. The summed E-state index contributed by atoms with van der Waals surface area (Å²) >= 11 is 6.18. The second-order valence-electron chi connectivity index (χ2n) is 0.956. The molecule has 0 nitrogen and oxygen atoms in total. The molecule has 0 saturated carbocycles. The van der Waals surface area contributed by atoms with Gasteiger partial charge in [0, 0.05) is 0 Å². The zero-order valence-electron chi connectivity index (χ0n) is 2.83. The fraction of sp³-hybridized carbons (Fsp3) is 1.00. The van der Waals surface area contributed by atoms with Gasteiger partial charge in [-0.05, 0) is 0 Å². The topological polar surface area (TPSA) is 0 Å². The van der Waals surface area contributed by atoms with Gasteiger partial charge in [0.25, 0.3) is 0 Å². The molecule has 0 aromatic heterocycles. The third-order valence-electron chi connectivity index (χ3n) is 0. The van der Waals surface area contributed by atoms with Gasteiger partial charge in [-0.2, -0.15) is 0 Å². The van der Waals surface area contributed by atoms with Crippen LogP contribution < -0.4 is 0 Å². The number of hydrogen-bond acceptors (Lipinski definition) is 0. The number of halogens is 2. The van der Waals surface area contributed by atoms with E-state index >= 15 is 0 Å². The van der Waals surface area contributed by atoms with Crippen molar-refractivity contribution in [2.24, 2.45) is 0 Å². The Balaban J connectivity index is 3.02. The van der Waals surface area contributed by atoms with Gasteiger partial charge in [0.2, 0.25) is 0 Å². The first-order chi connectivity index (χ1) is 2.00. The molecule has 0 spiro atoms. The Kier molecular flexibility index (Phi) is 3.80. The standard InChI is InChI=1S/C2H3I2.In/c1-2(3)4;/h1H3;. The van der Waals surface area contributed by atoms with Crippen LogP contribution in [0.4, 0.5) is 0 Å². The third kappa shape index (κ3) is 21.9. The van der Waals surface area contributed by atoms with Gasteiger partial charge in [0.05, 0.1) is 0 Å². The average Bonchev–Trinajstić information content (AvgIpc) is 0.722. The van der Waals surface area contributed by atoms with Crippen LogP contribution in [0.15, 0.2) is 0 Å². The normalized spacial score (nSPS) is 11.8. The van der Waals surface area contributed by atoms with E-state index in [1.54, 1.807) is 0 Å². The molecular formula is C2H3I2In. The predicted octanol–water partition coefficient (Wildman–Crippen LogP) is 1.70. The van der Waals surface area contributed by atoms with Crippen LogP contribution in [0.1, 0.15) is 6.92 Å². The van der Waals surface area contributed by atoms with Crippen molar-refractivity contribution in [3.05, 3.63) is 0 Å². The molecule has 0 aliphatic carbocycles. The summed E-state index contributed by atoms with van der Waals surface area (Å²) in [4.78, 5) is 0. The molecule has 0 N–H and O–H groups in total. The fourth-order valence-electron chi connectivity index (χ4n) is 0. The van der Waals surface area contributed by atoms with Crippen LogP contribution in [0, 0.1) is 0 Å². The third-order valence-corrected chi connectivity index (χ3v) is 0. The summed E-state index contributed by atoms with van der Waals surface area (Å²) in [5.74, 6) is 0. The Labute approximate surface area is 74.3 Å². The molecule has 2 radical (unpaired) electrons. The Morgan fingerprint density at radius 2 is 1.60 bits per heavy atom. The van der Waals surface area contributed by atoms with Crippen LogP contribution in [-0.2, 0) is 0 Å². The summed E-state index contributed by atoms with van der Waals surface area (Å²) in [5.41, 5.74) is 0. The van der Waals surface area contributed by atoms with Crippen LogP contribution in [-0.4, -0.2) is 23.6 Å². The van der Waals surface area contributed by atoms with Gasteiger partial charge in [0.1, 0.15) is 0 Å². The molecule has 0 atom stereocenters.